The summed E-state index contributed by atoms with van der Waals surface area (Å²) in [5.41, 5.74) is 5.38. The number of nitrogens with two attached hydrogens (primary N) is 1. The molecular weight excluding hydrogens is 333 g/mol. The van der Waals surface area contributed by atoms with Crippen molar-refractivity contribution >= 4 is 28.6 Å². The van der Waals surface area contributed by atoms with Gasteiger partial charge in [0.25, 0.3) is 6.43 Å². The molecule has 0 bridgehead atoms. The van der Waals surface area contributed by atoms with Crippen LogP contribution in [0.2, 0.25) is 0 Å². The summed E-state index contributed by atoms with van der Waals surface area (Å²) in [5, 5.41) is 8.62. The van der Waals surface area contributed by atoms with Crippen LogP contribution in [0.1, 0.15) is 23.2 Å². The number of aliphatic carboxylic acids is 1. The average Bonchev–Trinajstić information content (AvgIpc) is 2.18. The maximum Gasteiger partial charge on any atom is 0.309 e. The van der Waals surface area contributed by atoms with Gasteiger partial charge < -0.3 is 10.8 Å². The standard InChI is InChI=1S/C9H9F2IN2O2/c10-9(11)8-4(2-13)6(1-7(15)16)14-3-5(8)12/h3,9H,1-2,13H2,(H,15,16). The molecule has 1 aromatic heterocycles. The van der Waals surface area contributed by atoms with E-state index in [0.29, 0.717) is 3.57 Å². The molecule has 1 heterocycles. The maximum atomic E-state index is 12.8. The summed E-state index contributed by atoms with van der Waals surface area (Å²) in [6, 6.07) is 0. The number of alkyl halides is 2. The highest BCUT2D eigenvalue weighted by molar-refractivity contribution is 14.1. The van der Waals surface area contributed by atoms with Crippen molar-refractivity contribution in [1.82, 2.24) is 4.98 Å². The fourth-order valence-electron chi connectivity index (χ4n) is 1.34. The minimum absolute atomic E-state index is 0.103. The van der Waals surface area contributed by atoms with E-state index in [1.165, 1.54) is 6.20 Å². The number of halogens is 3. The van der Waals surface area contributed by atoms with E-state index in [0.717, 1.165) is 0 Å². The minimum Gasteiger partial charge on any atom is -0.481 e. The van der Waals surface area contributed by atoms with Gasteiger partial charge in [0.2, 0.25) is 0 Å². The molecule has 3 N–H and O–H groups in total. The Morgan fingerprint density at radius 3 is 2.69 bits per heavy atom. The highest BCUT2D eigenvalue weighted by Gasteiger charge is 2.20. The van der Waals surface area contributed by atoms with Crippen molar-refractivity contribution in [2.24, 2.45) is 5.73 Å². The Hall–Kier alpha value is -0.830. The lowest BCUT2D eigenvalue weighted by atomic mass is 10.0. The topological polar surface area (TPSA) is 76.2 Å². The highest BCUT2D eigenvalue weighted by Crippen LogP contribution is 2.29. The van der Waals surface area contributed by atoms with Crippen LogP contribution in [0.4, 0.5) is 8.78 Å². The van der Waals surface area contributed by atoms with Gasteiger partial charge in [0.15, 0.2) is 0 Å². The third-order valence-corrected chi connectivity index (χ3v) is 2.87. The van der Waals surface area contributed by atoms with Crippen LogP contribution < -0.4 is 5.73 Å². The number of pyridine rings is 1. The molecule has 0 saturated heterocycles. The predicted molar refractivity (Wildman–Crippen MR) is 61.1 cm³/mol. The van der Waals surface area contributed by atoms with Gasteiger partial charge in [-0.2, -0.15) is 0 Å². The van der Waals surface area contributed by atoms with Gasteiger partial charge in [-0.1, -0.05) is 0 Å². The summed E-state index contributed by atoms with van der Waals surface area (Å²) in [4.78, 5) is 14.4. The van der Waals surface area contributed by atoms with Gasteiger partial charge in [-0.25, -0.2) is 8.78 Å². The number of nitrogens with zero attached hydrogens (tertiary/aromatic N) is 1. The van der Waals surface area contributed by atoms with Gasteiger partial charge in [-0.05, 0) is 28.2 Å². The van der Waals surface area contributed by atoms with E-state index in [1.54, 1.807) is 22.6 Å². The van der Waals surface area contributed by atoms with Crippen molar-refractivity contribution in [3.8, 4) is 0 Å². The van der Waals surface area contributed by atoms with E-state index in [1.807, 2.05) is 0 Å². The molecule has 0 unspecified atom stereocenters. The van der Waals surface area contributed by atoms with Crippen molar-refractivity contribution in [2.45, 2.75) is 19.4 Å². The van der Waals surface area contributed by atoms with E-state index < -0.39 is 18.8 Å². The summed E-state index contributed by atoms with van der Waals surface area (Å²) in [7, 11) is 0. The zero-order chi connectivity index (χ0) is 12.3. The van der Waals surface area contributed by atoms with Crippen LogP contribution in [0.15, 0.2) is 6.20 Å². The zero-order valence-corrected chi connectivity index (χ0v) is 10.2. The lowest BCUT2D eigenvalue weighted by Gasteiger charge is -2.12. The first-order chi connectivity index (χ1) is 7.47. The minimum atomic E-state index is -2.68. The Morgan fingerprint density at radius 1 is 1.62 bits per heavy atom. The molecule has 0 saturated carbocycles. The fraction of sp³-hybridized carbons (Fsp3) is 0.333. The number of aromatic nitrogens is 1. The smallest absolute Gasteiger partial charge is 0.309 e. The monoisotopic (exact) mass is 342 g/mol. The maximum absolute atomic E-state index is 12.8. The average molecular weight is 342 g/mol. The van der Waals surface area contributed by atoms with Gasteiger partial charge in [0.05, 0.1) is 12.1 Å². The van der Waals surface area contributed by atoms with E-state index >= 15 is 0 Å². The van der Waals surface area contributed by atoms with Crippen LogP contribution >= 0.6 is 22.6 Å². The van der Waals surface area contributed by atoms with Gasteiger partial charge >= 0.3 is 5.97 Å². The lowest BCUT2D eigenvalue weighted by Crippen LogP contribution is -2.13. The van der Waals surface area contributed by atoms with Gasteiger partial charge in [0, 0.05) is 21.9 Å². The van der Waals surface area contributed by atoms with Crippen molar-refractivity contribution < 1.29 is 18.7 Å². The molecule has 88 valence electrons. The van der Waals surface area contributed by atoms with E-state index in [4.69, 9.17) is 10.8 Å². The Kier molecular flexibility index (Phi) is 4.54. The second kappa shape index (κ2) is 5.48. The number of hydrogen-bond donors (Lipinski definition) is 2. The summed E-state index contributed by atoms with van der Waals surface area (Å²) in [6.45, 7) is -0.147. The van der Waals surface area contributed by atoms with Crippen LogP contribution in [-0.4, -0.2) is 16.1 Å². The summed E-state index contributed by atoms with van der Waals surface area (Å²) < 4.78 is 25.8. The van der Waals surface area contributed by atoms with Crippen LogP contribution in [0.5, 0.6) is 0 Å². The van der Waals surface area contributed by atoms with Crippen LogP contribution in [0, 0.1) is 3.57 Å². The highest BCUT2D eigenvalue weighted by atomic mass is 127. The third-order valence-electron chi connectivity index (χ3n) is 2.01. The molecule has 0 aromatic carbocycles. The largest absolute Gasteiger partial charge is 0.481 e. The van der Waals surface area contributed by atoms with Crippen molar-refractivity contribution in [1.29, 1.82) is 0 Å². The molecule has 0 aliphatic carbocycles. The van der Waals surface area contributed by atoms with Crippen molar-refractivity contribution in [3.63, 3.8) is 0 Å². The van der Waals surface area contributed by atoms with Crippen molar-refractivity contribution in [2.75, 3.05) is 0 Å². The van der Waals surface area contributed by atoms with Crippen LogP contribution in [0.25, 0.3) is 0 Å². The molecule has 1 rings (SSSR count). The second-order valence-electron chi connectivity index (χ2n) is 3.02. The predicted octanol–water partition coefficient (Wildman–Crippen LogP) is 1.71. The van der Waals surface area contributed by atoms with E-state index in [2.05, 4.69) is 4.98 Å². The SMILES string of the molecule is NCc1c(CC(=O)O)ncc(I)c1C(F)F. The van der Waals surface area contributed by atoms with Crippen molar-refractivity contribution in [3.05, 3.63) is 26.6 Å². The molecule has 16 heavy (non-hydrogen) atoms. The van der Waals surface area contributed by atoms with Gasteiger partial charge in [-0.15, -0.1) is 0 Å². The molecule has 0 amide bonds. The molecule has 0 radical (unpaired) electrons. The molecule has 0 fully saturated rings. The van der Waals surface area contributed by atoms with E-state index in [-0.39, 0.29) is 23.4 Å². The Bertz CT molecular complexity index is 413. The van der Waals surface area contributed by atoms with Crippen LogP contribution in [0.3, 0.4) is 0 Å². The first-order valence-corrected chi connectivity index (χ1v) is 5.41. The normalized spacial score (nSPS) is 10.8. The molecule has 0 atom stereocenters. The number of carbonyl (C=O) groups is 1. The summed E-state index contributed by atoms with van der Waals surface area (Å²) in [6.07, 6.45) is -1.84. The molecule has 0 aliphatic heterocycles. The number of carboxylic acids is 1. The molecule has 7 heteroatoms. The number of carboxylic acid groups (broad SMARTS) is 1. The number of hydrogen-bond acceptors (Lipinski definition) is 3. The molecule has 0 spiro atoms. The number of rotatable bonds is 4. The zero-order valence-electron chi connectivity index (χ0n) is 8.08. The fourth-order valence-corrected chi connectivity index (χ4v) is 2.04. The Labute approximate surface area is 104 Å². The quantitative estimate of drug-likeness (QED) is 0.817. The Balaban J connectivity index is 3.30. The molecular formula is C9H9F2IN2O2. The van der Waals surface area contributed by atoms with Gasteiger partial charge in [0.1, 0.15) is 0 Å². The molecule has 0 aliphatic rings. The third kappa shape index (κ3) is 2.85. The first-order valence-electron chi connectivity index (χ1n) is 4.33. The van der Waals surface area contributed by atoms with Crippen LogP contribution in [-0.2, 0) is 17.8 Å². The molecule has 4 nitrogen and oxygen atoms in total. The second-order valence-corrected chi connectivity index (χ2v) is 4.18. The first kappa shape index (κ1) is 13.2. The Morgan fingerprint density at radius 2 is 2.25 bits per heavy atom. The summed E-state index contributed by atoms with van der Waals surface area (Å²) >= 11 is 1.73. The van der Waals surface area contributed by atoms with Gasteiger partial charge in [-0.3, -0.25) is 9.78 Å². The lowest BCUT2D eigenvalue weighted by molar-refractivity contribution is -0.136. The summed E-state index contributed by atoms with van der Waals surface area (Å²) in [5.74, 6) is -1.12. The van der Waals surface area contributed by atoms with E-state index in [9.17, 15) is 13.6 Å². The molecule has 1 aromatic rings.